The van der Waals surface area contributed by atoms with Crippen LogP contribution < -0.4 is 10.6 Å². The van der Waals surface area contributed by atoms with Gasteiger partial charge >= 0.3 is 6.03 Å². The number of rotatable bonds is 4. The van der Waals surface area contributed by atoms with Gasteiger partial charge in [0.05, 0.1) is 0 Å². The van der Waals surface area contributed by atoms with Gasteiger partial charge in [-0.3, -0.25) is 4.79 Å². The highest BCUT2D eigenvalue weighted by molar-refractivity contribution is 5.86. The van der Waals surface area contributed by atoms with Gasteiger partial charge in [0.25, 0.3) is 0 Å². The van der Waals surface area contributed by atoms with Crippen molar-refractivity contribution in [2.75, 3.05) is 13.1 Å². The van der Waals surface area contributed by atoms with Crippen molar-refractivity contribution < 1.29 is 9.59 Å². The van der Waals surface area contributed by atoms with Crippen molar-refractivity contribution in [2.45, 2.75) is 25.9 Å². The van der Waals surface area contributed by atoms with Crippen LogP contribution in [0.5, 0.6) is 0 Å². The molecule has 0 spiro atoms. The maximum atomic E-state index is 11.8. The van der Waals surface area contributed by atoms with Crippen LogP contribution in [0.3, 0.4) is 0 Å². The normalized spacial score (nSPS) is 15.3. The molecular formula is C14H19N3O2. The van der Waals surface area contributed by atoms with Crippen molar-refractivity contribution >= 4 is 11.9 Å². The molecule has 0 bridgehead atoms. The predicted octanol–water partition coefficient (Wildman–Crippen LogP) is 1.11. The molecule has 3 amide bonds. The fraction of sp³-hybridized carbons (Fsp3) is 0.429. The summed E-state index contributed by atoms with van der Waals surface area (Å²) in [6.07, 6.45) is 1.04. The summed E-state index contributed by atoms with van der Waals surface area (Å²) in [5, 5.41) is 5.50. The van der Waals surface area contributed by atoms with Gasteiger partial charge in [-0.05, 0) is 18.9 Å². The summed E-state index contributed by atoms with van der Waals surface area (Å²) < 4.78 is 0. The Kier molecular flexibility index (Phi) is 4.39. The summed E-state index contributed by atoms with van der Waals surface area (Å²) >= 11 is 0. The Hall–Kier alpha value is -2.04. The monoisotopic (exact) mass is 261 g/mol. The summed E-state index contributed by atoms with van der Waals surface area (Å²) in [5.41, 5.74) is 1.04. The van der Waals surface area contributed by atoms with Crippen LogP contribution in [0, 0.1) is 0 Å². The second-order valence-electron chi connectivity index (χ2n) is 4.72. The van der Waals surface area contributed by atoms with Crippen LogP contribution in [0.15, 0.2) is 30.3 Å². The minimum atomic E-state index is -0.517. The SMILES string of the molecule is CC(NC(=O)N1CCC1)C(=O)NCc1ccccc1. The van der Waals surface area contributed by atoms with E-state index in [1.807, 2.05) is 30.3 Å². The van der Waals surface area contributed by atoms with Crippen molar-refractivity contribution in [1.82, 2.24) is 15.5 Å². The van der Waals surface area contributed by atoms with Gasteiger partial charge in [0.15, 0.2) is 0 Å². The molecular weight excluding hydrogens is 242 g/mol. The third-order valence-corrected chi connectivity index (χ3v) is 3.19. The molecule has 0 aromatic heterocycles. The molecule has 5 heteroatoms. The summed E-state index contributed by atoms with van der Waals surface area (Å²) in [6.45, 7) is 3.73. The number of urea groups is 1. The molecule has 0 aliphatic carbocycles. The second kappa shape index (κ2) is 6.22. The average Bonchev–Trinajstić information content (AvgIpc) is 2.34. The lowest BCUT2D eigenvalue weighted by atomic mass is 10.2. The number of carbonyl (C=O) groups is 2. The predicted molar refractivity (Wildman–Crippen MR) is 72.5 cm³/mol. The van der Waals surface area contributed by atoms with E-state index in [2.05, 4.69) is 10.6 Å². The molecule has 2 N–H and O–H groups in total. The topological polar surface area (TPSA) is 61.4 Å². The number of hydrogen-bond donors (Lipinski definition) is 2. The molecule has 1 aliphatic heterocycles. The van der Waals surface area contributed by atoms with Crippen LogP contribution in [0.2, 0.25) is 0 Å². The maximum Gasteiger partial charge on any atom is 0.318 e. The van der Waals surface area contributed by atoms with E-state index >= 15 is 0 Å². The van der Waals surface area contributed by atoms with E-state index < -0.39 is 6.04 Å². The highest BCUT2D eigenvalue weighted by Gasteiger charge is 2.23. The van der Waals surface area contributed by atoms with E-state index in [4.69, 9.17) is 0 Å². The second-order valence-corrected chi connectivity index (χ2v) is 4.72. The summed E-state index contributed by atoms with van der Waals surface area (Å²) in [5.74, 6) is -0.169. The zero-order valence-corrected chi connectivity index (χ0v) is 11.1. The van der Waals surface area contributed by atoms with Crippen molar-refractivity contribution in [2.24, 2.45) is 0 Å². The minimum Gasteiger partial charge on any atom is -0.350 e. The van der Waals surface area contributed by atoms with Crippen LogP contribution in [-0.4, -0.2) is 36.0 Å². The molecule has 1 saturated heterocycles. The third-order valence-electron chi connectivity index (χ3n) is 3.19. The van der Waals surface area contributed by atoms with E-state index in [0.717, 1.165) is 25.1 Å². The first-order chi connectivity index (χ1) is 9.16. The molecule has 102 valence electrons. The van der Waals surface area contributed by atoms with Crippen molar-refractivity contribution in [1.29, 1.82) is 0 Å². The van der Waals surface area contributed by atoms with E-state index in [0.29, 0.717) is 6.54 Å². The number of nitrogens with zero attached hydrogens (tertiary/aromatic N) is 1. The lowest BCUT2D eigenvalue weighted by Crippen LogP contribution is -2.53. The van der Waals surface area contributed by atoms with Crippen LogP contribution in [0.1, 0.15) is 18.9 Å². The zero-order chi connectivity index (χ0) is 13.7. The van der Waals surface area contributed by atoms with Crippen LogP contribution in [-0.2, 0) is 11.3 Å². The number of likely N-dealkylation sites (tertiary alicyclic amines) is 1. The van der Waals surface area contributed by atoms with Gasteiger partial charge in [-0.2, -0.15) is 0 Å². The Morgan fingerprint density at radius 2 is 1.95 bits per heavy atom. The minimum absolute atomic E-state index is 0.159. The lowest BCUT2D eigenvalue weighted by molar-refractivity contribution is -0.122. The first-order valence-corrected chi connectivity index (χ1v) is 6.54. The fourth-order valence-corrected chi connectivity index (χ4v) is 1.80. The van der Waals surface area contributed by atoms with E-state index in [9.17, 15) is 9.59 Å². The molecule has 1 aliphatic rings. The molecule has 1 aromatic carbocycles. The van der Waals surface area contributed by atoms with Gasteiger partial charge in [-0.25, -0.2) is 4.79 Å². The van der Waals surface area contributed by atoms with Gasteiger partial charge in [0.1, 0.15) is 6.04 Å². The summed E-state index contributed by atoms with van der Waals surface area (Å²) in [4.78, 5) is 25.2. The molecule has 0 saturated carbocycles. The van der Waals surface area contributed by atoms with Crippen LogP contribution >= 0.6 is 0 Å². The van der Waals surface area contributed by atoms with Crippen molar-refractivity contribution in [3.8, 4) is 0 Å². The van der Waals surface area contributed by atoms with Crippen LogP contribution in [0.25, 0.3) is 0 Å². The number of benzene rings is 1. The molecule has 19 heavy (non-hydrogen) atoms. The van der Waals surface area contributed by atoms with E-state index in [1.165, 1.54) is 0 Å². The number of nitrogens with one attached hydrogen (secondary N) is 2. The van der Waals surface area contributed by atoms with Crippen LogP contribution in [0.4, 0.5) is 4.79 Å². The number of amides is 3. The fourth-order valence-electron chi connectivity index (χ4n) is 1.80. The Balaban J connectivity index is 1.74. The summed E-state index contributed by atoms with van der Waals surface area (Å²) in [7, 11) is 0. The average molecular weight is 261 g/mol. The number of hydrogen-bond acceptors (Lipinski definition) is 2. The van der Waals surface area contributed by atoms with Gasteiger partial charge in [0, 0.05) is 19.6 Å². The largest absolute Gasteiger partial charge is 0.350 e. The van der Waals surface area contributed by atoms with E-state index in [1.54, 1.807) is 11.8 Å². The first-order valence-electron chi connectivity index (χ1n) is 6.54. The molecule has 1 heterocycles. The highest BCUT2D eigenvalue weighted by Crippen LogP contribution is 2.05. The van der Waals surface area contributed by atoms with Gasteiger partial charge < -0.3 is 15.5 Å². The zero-order valence-electron chi connectivity index (χ0n) is 11.1. The number of carbonyl (C=O) groups excluding carboxylic acids is 2. The molecule has 1 aromatic rings. The standard InChI is InChI=1S/C14H19N3O2/c1-11(16-14(19)17-8-5-9-17)13(18)15-10-12-6-3-2-4-7-12/h2-4,6-7,11H,5,8-10H2,1H3,(H,15,18)(H,16,19). The smallest absolute Gasteiger partial charge is 0.318 e. The molecule has 5 nitrogen and oxygen atoms in total. The lowest BCUT2D eigenvalue weighted by Gasteiger charge is -2.31. The van der Waals surface area contributed by atoms with Gasteiger partial charge in [0.2, 0.25) is 5.91 Å². The van der Waals surface area contributed by atoms with Gasteiger partial charge in [-0.1, -0.05) is 30.3 Å². The highest BCUT2D eigenvalue weighted by atomic mass is 16.2. The molecule has 1 atom stereocenters. The van der Waals surface area contributed by atoms with Gasteiger partial charge in [-0.15, -0.1) is 0 Å². The first kappa shape index (κ1) is 13.4. The Labute approximate surface area is 113 Å². The maximum absolute atomic E-state index is 11.8. The van der Waals surface area contributed by atoms with Crippen molar-refractivity contribution in [3.63, 3.8) is 0 Å². The Morgan fingerprint density at radius 1 is 1.26 bits per heavy atom. The Bertz CT molecular complexity index is 443. The summed E-state index contributed by atoms with van der Waals surface area (Å²) in [6, 6.07) is 9.01. The Morgan fingerprint density at radius 3 is 2.53 bits per heavy atom. The third kappa shape index (κ3) is 3.71. The molecule has 2 rings (SSSR count). The molecule has 0 radical (unpaired) electrons. The molecule has 1 unspecified atom stereocenters. The van der Waals surface area contributed by atoms with Crippen molar-refractivity contribution in [3.05, 3.63) is 35.9 Å². The van der Waals surface area contributed by atoms with E-state index in [-0.39, 0.29) is 11.9 Å². The molecule has 1 fully saturated rings. The quantitative estimate of drug-likeness (QED) is 0.853.